The summed E-state index contributed by atoms with van der Waals surface area (Å²) in [6, 6.07) is 7.90. The second-order valence-corrected chi connectivity index (χ2v) is 5.21. The molecule has 0 radical (unpaired) electrons. The van der Waals surface area contributed by atoms with Gasteiger partial charge in [-0.05, 0) is 49.4 Å². The molecule has 2 aromatic rings. The van der Waals surface area contributed by atoms with E-state index in [-0.39, 0.29) is 0 Å². The van der Waals surface area contributed by atoms with E-state index in [4.69, 9.17) is 9.15 Å². The third-order valence-corrected chi connectivity index (χ3v) is 3.60. The van der Waals surface area contributed by atoms with Gasteiger partial charge in [-0.1, -0.05) is 0 Å². The molecule has 0 bridgehead atoms. The number of hydrogen-bond acceptors (Lipinski definition) is 4. The van der Waals surface area contributed by atoms with Crippen molar-refractivity contribution in [3.63, 3.8) is 0 Å². The molecule has 1 aliphatic carbocycles. The van der Waals surface area contributed by atoms with Gasteiger partial charge in [0.15, 0.2) is 0 Å². The number of pyridine rings is 1. The van der Waals surface area contributed by atoms with Crippen LogP contribution in [0.3, 0.4) is 0 Å². The van der Waals surface area contributed by atoms with E-state index in [2.05, 4.69) is 10.3 Å². The third-order valence-electron chi connectivity index (χ3n) is 3.60. The molecule has 0 saturated heterocycles. The molecule has 1 saturated carbocycles. The Balaban J connectivity index is 1.51. The molecule has 1 N–H and O–H groups in total. The van der Waals surface area contributed by atoms with Gasteiger partial charge in [-0.2, -0.15) is 0 Å². The Labute approximate surface area is 119 Å². The Kier molecular flexibility index (Phi) is 4.33. The topological polar surface area (TPSA) is 47.3 Å². The summed E-state index contributed by atoms with van der Waals surface area (Å²) >= 11 is 0. The van der Waals surface area contributed by atoms with Crippen molar-refractivity contribution in [1.82, 2.24) is 10.3 Å². The monoisotopic (exact) mass is 272 g/mol. The van der Waals surface area contributed by atoms with Crippen molar-refractivity contribution in [2.75, 3.05) is 0 Å². The van der Waals surface area contributed by atoms with E-state index >= 15 is 0 Å². The van der Waals surface area contributed by atoms with E-state index < -0.39 is 0 Å². The van der Waals surface area contributed by atoms with Gasteiger partial charge in [0, 0.05) is 18.8 Å². The lowest BCUT2D eigenvalue weighted by Crippen LogP contribution is -2.14. The van der Waals surface area contributed by atoms with Crippen molar-refractivity contribution in [2.45, 2.75) is 44.9 Å². The fraction of sp³-hybridized carbons (Fsp3) is 0.438. The number of nitrogens with one attached hydrogen (secondary N) is 1. The fourth-order valence-corrected chi connectivity index (χ4v) is 2.55. The van der Waals surface area contributed by atoms with Crippen molar-refractivity contribution < 1.29 is 9.15 Å². The number of nitrogens with zero attached hydrogens (tertiary/aromatic N) is 1. The molecular formula is C16H20N2O2. The summed E-state index contributed by atoms with van der Waals surface area (Å²) in [5, 5.41) is 3.35. The lowest BCUT2D eigenvalue weighted by molar-refractivity contribution is 0.201. The number of furan rings is 1. The lowest BCUT2D eigenvalue weighted by atomic mass is 10.2. The largest absolute Gasteiger partial charge is 0.474 e. The third kappa shape index (κ3) is 3.61. The van der Waals surface area contributed by atoms with Crippen LogP contribution in [0.5, 0.6) is 5.88 Å². The highest BCUT2D eigenvalue weighted by atomic mass is 16.5. The molecule has 20 heavy (non-hydrogen) atoms. The van der Waals surface area contributed by atoms with Crippen molar-refractivity contribution >= 4 is 0 Å². The van der Waals surface area contributed by atoms with Crippen LogP contribution in [0, 0.1) is 0 Å². The van der Waals surface area contributed by atoms with Gasteiger partial charge in [0.25, 0.3) is 0 Å². The quantitative estimate of drug-likeness (QED) is 0.876. The molecule has 0 aliphatic heterocycles. The zero-order valence-corrected chi connectivity index (χ0v) is 11.5. The second kappa shape index (κ2) is 6.57. The first-order valence-electron chi connectivity index (χ1n) is 7.25. The Bertz CT molecular complexity index is 519. The zero-order chi connectivity index (χ0) is 13.6. The maximum Gasteiger partial charge on any atom is 0.213 e. The molecule has 3 rings (SSSR count). The van der Waals surface area contributed by atoms with Gasteiger partial charge >= 0.3 is 0 Å². The summed E-state index contributed by atoms with van der Waals surface area (Å²) in [7, 11) is 0. The molecule has 4 heteroatoms. The van der Waals surface area contributed by atoms with E-state index in [0.717, 1.165) is 37.6 Å². The van der Waals surface area contributed by atoms with Crippen LogP contribution in [0.1, 0.15) is 37.0 Å². The van der Waals surface area contributed by atoms with E-state index in [1.54, 1.807) is 6.26 Å². The smallest absolute Gasteiger partial charge is 0.213 e. The molecule has 0 amide bonds. The molecule has 0 spiro atoms. The highest BCUT2D eigenvalue weighted by Crippen LogP contribution is 2.23. The van der Waals surface area contributed by atoms with Gasteiger partial charge in [0.1, 0.15) is 11.9 Å². The zero-order valence-electron chi connectivity index (χ0n) is 11.5. The van der Waals surface area contributed by atoms with E-state index in [1.165, 1.54) is 18.4 Å². The van der Waals surface area contributed by atoms with Crippen LogP contribution in [0.15, 0.2) is 41.1 Å². The Morgan fingerprint density at radius 1 is 1.25 bits per heavy atom. The first-order chi connectivity index (χ1) is 9.90. The van der Waals surface area contributed by atoms with Crippen molar-refractivity contribution in [3.8, 4) is 5.88 Å². The minimum atomic E-state index is 0.355. The standard InChI is InChI=1S/C16H20N2O2/c1-2-5-14(4-1)20-16-10-13(7-8-18-16)11-17-12-15-6-3-9-19-15/h3,6-10,14,17H,1-2,4-5,11-12H2. The summed E-state index contributed by atoms with van der Waals surface area (Å²) in [5.41, 5.74) is 1.18. The molecule has 0 unspecified atom stereocenters. The molecule has 2 aromatic heterocycles. The normalized spacial score (nSPS) is 15.6. The summed E-state index contributed by atoms with van der Waals surface area (Å²) in [4.78, 5) is 4.29. The summed E-state index contributed by atoms with van der Waals surface area (Å²) < 4.78 is 11.2. The number of ether oxygens (including phenoxy) is 1. The number of hydrogen-bond donors (Lipinski definition) is 1. The average molecular weight is 272 g/mol. The molecule has 0 aromatic carbocycles. The van der Waals surface area contributed by atoms with Crippen molar-refractivity contribution in [2.24, 2.45) is 0 Å². The number of rotatable bonds is 6. The summed E-state index contributed by atoms with van der Waals surface area (Å²) in [6.45, 7) is 1.51. The minimum absolute atomic E-state index is 0.355. The van der Waals surface area contributed by atoms with E-state index in [0.29, 0.717) is 6.10 Å². The molecular weight excluding hydrogens is 252 g/mol. The highest BCUT2D eigenvalue weighted by molar-refractivity contribution is 5.20. The van der Waals surface area contributed by atoms with Crippen LogP contribution in [-0.4, -0.2) is 11.1 Å². The fourth-order valence-electron chi connectivity index (χ4n) is 2.55. The van der Waals surface area contributed by atoms with Gasteiger partial charge in [0.2, 0.25) is 5.88 Å². The maximum absolute atomic E-state index is 5.91. The summed E-state index contributed by atoms with van der Waals surface area (Å²) in [6.07, 6.45) is 8.72. The molecule has 106 valence electrons. The Morgan fingerprint density at radius 2 is 2.15 bits per heavy atom. The Morgan fingerprint density at radius 3 is 2.95 bits per heavy atom. The summed E-state index contributed by atoms with van der Waals surface area (Å²) in [5.74, 6) is 1.69. The van der Waals surface area contributed by atoms with E-state index in [9.17, 15) is 0 Å². The Hall–Kier alpha value is -1.81. The molecule has 1 fully saturated rings. The highest BCUT2D eigenvalue weighted by Gasteiger charge is 2.16. The van der Waals surface area contributed by atoms with Crippen LogP contribution in [0.25, 0.3) is 0 Å². The first-order valence-corrected chi connectivity index (χ1v) is 7.25. The van der Waals surface area contributed by atoms with Crippen LogP contribution in [-0.2, 0) is 13.1 Å². The van der Waals surface area contributed by atoms with Gasteiger partial charge in [0.05, 0.1) is 12.8 Å². The van der Waals surface area contributed by atoms with Gasteiger partial charge in [-0.25, -0.2) is 4.98 Å². The van der Waals surface area contributed by atoms with E-state index in [1.807, 2.05) is 30.5 Å². The molecule has 0 atom stereocenters. The van der Waals surface area contributed by atoms with Crippen LogP contribution < -0.4 is 10.1 Å². The minimum Gasteiger partial charge on any atom is -0.474 e. The van der Waals surface area contributed by atoms with Crippen LogP contribution in [0.2, 0.25) is 0 Å². The van der Waals surface area contributed by atoms with Crippen molar-refractivity contribution in [3.05, 3.63) is 48.0 Å². The number of aromatic nitrogens is 1. The van der Waals surface area contributed by atoms with Crippen LogP contribution >= 0.6 is 0 Å². The SMILES string of the molecule is c1coc(CNCc2ccnc(OC3CCCC3)c2)c1. The lowest BCUT2D eigenvalue weighted by Gasteiger charge is -2.12. The maximum atomic E-state index is 5.91. The molecule has 1 aliphatic rings. The predicted molar refractivity (Wildman–Crippen MR) is 76.4 cm³/mol. The molecule has 4 nitrogen and oxygen atoms in total. The average Bonchev–Trinajstić information content (AvgIpc) is 3.13. The predicted octanol–water partition coefficient (Wildman–Crippen LogP) is 3.29. The first kappa shape index (κ1) is 13.2. The van der Waals surface area contributed by atoms with Crippen molar-refractivity contribution in [1.29, 1.82) is 0 Å². The molecule has 2 heterocycles. The van der Waals surface area contributed by atoms with Crippen LogP contribution in [0.4, 0.5) is 0 Å². The van der Waals surface area contributed by atoms with Gasteiger partial charge in [-0.15, -0.1) is 0 Å². The van der Waals surface area contributed by atoms with Gasteiger partial charge in [-0.3, -0.25) is 0 Å². The van der Waals surface area contributed by atoms with Gasteiger partial charge < -0.3 is 14.5 Å². The second-order valence-electron chi connectivity index (χ2n) is 5.21.